The zero-order chi connectivity index (χ0) is 16.9. The molecule has 7 heteroatoms. The molecule has 1 aliphatic heterocycles. The highest BCUT2D eigenvalue weighted by Crippen LogP contribution is 2.23. The van der Waals surface area contributed by atoms with Gasteiger partial charge in [-0.15, -0.1) is 0 Å². The number of rotatable bonds is 4. The van der Waals surface area contributed by atoms with Crippen molar-refractivity contribution in [3.05, 3.63) is 30.9 Å². The number of aromatic nitrogens is 4. The summed E-state index contributed by atoms with van der Waals surface area (Å²) in [4.78, 5) is 22.1. The first-order valence-corrected chi connectivity index (χ1v) is 9.24. The molecule has 2 aromatic rings. The fourth-order valence-electron chi connectivity index (χ4n) is 3.65. The number of hydrogen-bond donors (Lipinski definition) is 1. The largest absolute Gasteiger partial charge is 0.367 e. The van der Waals surface area contributed by atoms with E-state index in [1.807, 2.05) is 6.07 Å². The van der Waals surface area contributed by atoms with Crippen molar-refractivity contribution in [1.82, 2.24) is 19.9 Å². The van der Waals surface area contributed by atoms with Crippen LogP contribution in [0.4, 0.5) is 17.6 Å². The van der Waals surface area contributed by atoms with E-state index in [1.165, 1.54) is 32.1 Å². The van der Waals surface area contributed by atoms with Crippen molar-refractivity contribution in [2.45, 2.75) is 38.1 Å². The number of anilines is 3. The van der Waals surface area contributed by atoms with Crippen LogP contribution in [0, 0.1) is 0 Å². The summed E-state index contributed by atoms with van der Waals surface area (Å²) in [6, 6.07) is 4.49. The normalized spacial score (nSPS) is 19.0. The van der Waals surface area contributed by atoms with Crippen molar-refractivity contribution in [2.24, 2.45) is 0 Å². The Balaban J connectivity index is 1.37. The third kappa shape index (κ3) is 3.97. The van der Waals surface area contributed by atoms with Gasteiger partial charge in [0, 0.05) is 50.7 Å². The average Bonchev–Trinajstić information content (AvgIpc) is 2.70. The number of piperazine rings is 1. The van der Waals surface area contributed by atoms with Crippen LogP contribution in [-0.4, -0.2) is 52.2 Å². The first kappa shape index (κ1) is 16.1. The third-order valence-corrected chi connectivity index (χ3v) is 5.05. The second-order valence-corrected chi connectivity index (χ2v) is 6.76. The van der Waals surface area contributed by atoms with Crippen LogP contribution in [-0.2, 0) is 0 Å². The lowest BCUT2D eigenvalue weighted by atomic mass is 9.95. The van der Waals surface area contributed by atoms with Gasteiger partial charge in [0.05, 0.1) is 0 Å². The molecule has 0 radical (unpaired) electrons. The second-order valence-electron chi connectivity index (χ2n) is 6.76. The van der Waals surface area contributed by atoms with Crippen LogP contribution < -0.4 is 15.1 Å². The minimum absolute atomic E-state index is 0.559. The van der Waals surface area contributed by atoms with Crippen LogP contribution in [0.3, 0.4) is 0 Å². The zero-order valence-corrected chi connectivity index (χ0v) is 14.5. The van der Waals surface area contributed by atoms with Gasteiger partial charge in [0.1, 0.15) is 18.0 Å². The Kier molecular flexibility index (Phi) is 4.90. The van der Waals surface area contributed by atoms with Crippen molar-refractivity contribution < 1.29 is 0 Å². The molecule has 2 fully saturated rings. The third-order valence-electron chi connectivity index (χ3n) is 5.05. The molecule has 0 spiro atoms. The van der Waals surface area contributed by atoms with E-state index in [0.29, 0.717) is 6.04 Å². The summed E-state index contributed by atoms with van der Waals surface area (Å²) in [7, 11) is 0. The Morgan fingerprint density at radius 2 is 1.56 bits per heavy atom. The molecule has 0 atom stereocenters. The highest BCUT2D eigenvalue weighted by molar-refractivity contribution is 5.50. The molecule has 0 unspecified atom stereocenters. The van der Waals surface area contributed by atoms with Crippen LogP contribution in [0.5, 0.6) is 0 Å². The molecule has 25 heavy (non-hydrogen) atoms. The molecule has 0 bridgehead atoms. The standard InChI is InChI=1S/C18H25N7/c1-2-5-15(6-3-1)23-16-13-17(22-14-21-16)24-9-11-25(12-10-24)18-19-7-4-8-20-18/h4,7-8,13-15H,1-3,5-6,9-12H2,(H,21,22,23). The van der Waals surface area contributed by atoms with E-state index in [-0.39, 0.29) is 0 Å². The highest BCUT2D eigenvalue weighted by Gasteiger charge is 2.20. The smallest absolute Gasteiger partial charge is 0.225 e. The molecular weight excluding hydrogens is 314 g/mol. The predicted molar refractivity (Wildman–Crippen MR) is 99.0 cm³/mol. The number of nitrogens with zero attached hydrogens (tertiary/aromatic N) is 6. The summed E-state index contributed by atoms with van der Waals surface area (Å²) < 4.78 is 0. The van der Waals surface area contributed by atoms with Gasteiger partial charge >= 0.3 is 0 Å². The first-order chi connectivity index (χ1) is 12.4. The van der Waals surface area contributed by atoms with Gasteiger partial charge in [0.2, 0.25) is 5.95 Å². The molecule has 1 aliphatic carbocycles. The first-order valence-electron chi connectivity index (χ1n) is 9.24. The number of nitrogens with one attached hydrogen (secondary N) is 1. The zero-order valence-electron chi connectivity index (χ0n) is 14.5. The summed E-state index contributed by atoms with van der Waals surface area (Å²) in [5, 5.41) is 3.59. The Bertz CT molecular complexity index is 664. The molecule has 0 aromatic carbocycles. The summed E-state index contributed by atoms with van der Waals surface area (Å²) >= 11 is 0. The van der Waals surface area contributed by atoms with Crippen LogP contribution in [0.25, 0.3) is 0 Å². The quantitative estimate of drug-likeness (QED) is 0.917. The minimum Gasteiger partial charge on any atom is -0.367 e. The second kappa shape index (κ2) is 7.63. The molecule has 2 aliphatic rings. The summed E-state index contributed by atoms with van der Waals surface area (Å²) in [6.45, 7) is 3.63. The monoisotopic (exact) mass is 339 g/mol. The van der Waals surface area contributed by atoms with Crippen molar-refractivity contribution >= 4 is 17.6 Å². The minimum atomic E-state index is 0.559. The molecule has 2 aromatic heterocycles. The SMILES string of the molecule is c1cnc(N2CCN(c3cc(NC4CCCCC4)ncn3)CC2)nc1. The van der Waals surface area contributed by atoms with E-state index in [0.717, 1.165) is 43.8 Å². The molecule has 1 N–H and O–H groups in total. The molecular formula is C18H25N7. The molecule has 1 saturated carbocycles. The van der Waals surface area contributed by atoms with Crippen LogP contribution in [0.2, 0.25) is 0 Å². The van der Waals surface area contributed by atoms with Gasteiger partial charge in [0.25, 0.3) is 0 Å². The van der Waals surface area contributed by atoms with Gasteiger partial charge in [-0.05, 0) is 18.9 Å². The predicted octanol–water partition coefficient (Wildman–Crippen LogP) is 2.34. The van der Waals surface area contributed by atoms with Crippen LogP contribution in [0.1, 0.15) is 32.1 Å². The Morgan fingerprint density at radius 1 is 0.840 bits per heavy atom. The van der Waals surface area contributed by atoms with Gasteiger partial charge in [-0.1, -0.05) is 19.3 Å². The van der Waals surface area contributed by atoms with Crippen molar-refractivity contribution in [1.29, 1.82) is 0 Å². The lowest BCUT2D eigenvalue weighted by molar-refractivity contribution is 0.462. The van der Waals surface area contributed by atoms with Crippen molar-refractivity contribution in [3.63, 3.8) is 0 Å². The Labute approximate surface area is 148 Å². The molecule has 7 nitrogen and oxygen atoms in total. The maximum atomic E-state index is 4.48. The fraction of sp³-hybridized carbons (Fsp3) is 0.556. The molecule has 3 heterocycles. The maximum Gasteiger partial charge on any atom is 0.225 e. The maximum absolute atomic E-state index is 4.48. The summed E-state index contributed by atoms with van der Waals surface area (Å²) in [5.74, 6) is 2.76. The van der Waals surface area contributed by atoms with Crippen molar-refractivity contribution in [3.8, 4) is 0 Å². The Morgan fingerprint density at radius 3 is 2.32 bits per heavy atom. The van der Waals surface area contributed by atoms with Gasteiger partial charge in [-0.2, -0.15) is 0 Å². The fourth-order valence-corrected chi connectivity index (χ4v) is 3.65. The molecule has 132 valence electrons. The van der Waals surface area contributed by atoms with Crippen LogP contribution in [0.15, 0.2) is 30.9 Å². The lowest BCUT2D eigenvalue weighted by Gasteiger charge is -2.35. The Hall–Kier alpha value is -2.44. The summed E-state index contributed by atoms with van der Waals surface area (Å²) in [5.41, 5.74) is 0. The van der Waals surface area contributed by atoms with E-state index >= 15 is 0 Å². The highest BCUT2D eigenvalue weighted by atomic mass is 15.3. The molecule has 4 rings (SSSR count). The average molecular weight is 339 g/mol. The summed E-state index contributed by atoms with van der Waals surface area (Å²) in [6.07, 6.45) is 11.8. The van der Waals surface area contributed by atoms with Crippen LogP contribution >= 0.6 is 0 Å². The van der Waals surface area contributed by atoms with Gasteiger partial charge in [0.15, 0.2) is 0 Å². The van der Waals surface area contributed by atoms with E-state index in [9.17, 15) is 0 Å². The van der Waals surface area contributed by atoms with Gasteiger partial charge in [-0.25, -0.2) is 19.9 Å². The van der Waals surface area contributed by atoms with E-state index in [4.69, 9.17) is 0 Å². The van der Waals surface area contributed by atoms with E-state index in [2.05, 4.69) is 41.1 Å². The lowest BCUT2D eigenvalue weighted by Crippen LogP contribution is -2.47. The number of hydrogen-bond acceptors (Lipinski definition) is 7. The van der Waals surface area contributed by atoms with E-state index < -0.39 is 0 Å². The molecule has 1 saturated heterocycles. The van der Waals surface area contributed by atoms with Crippen molar-refractivity contribution in [2.75, 3.05) is 41.3 Å². The van der Waals surface area contributed by atoms with Gasteiger partial charge < -0.3 is 15.1 Å². The molecule has 0 amide bonds. The topological polar surface area (TPSA) is 70.1 Å². The van der Waals surface area contributed by atoms with Gasteiger partial charge in [-0.3, -0.25) is 0 Å². The van der Waals surface area contributed by atoms with E-state index in [1.54, 1.807) is 18.7 Å².